The van der Waals surface area contributed by atoms with Crippen molar-refractivity contribution < 1.29 is 0 Å². The number of allylic oxidation sites excluding steroid dienone is 4. The second-order valence-electron chi connectivity index (χ2n) is 3.93. The minimum absolute atomic E-state index is 1.12. The molecule has 1 aliphatic rings. The van der Waals surface area contributed by atoms with Crippen molar-refractivity contribution in [3.8, 4) is 0 Å². The fraction of sp³-hybridized carbons (Fsp3) is 0.400. The summed E-state index contributed by atoms with van der Waals surface area (Å²) in [6.07, 6.45) is 8.61. The second-order valence-corrected chi connectivity index (χ2v) is 3.93. The van der Waals surface area contributed by atoms with Crippen molar-refractivity contribution in [3.05, 3.63) is 47.3 Å². The quantitative estimate of drug-likeness (QED) is 0.670. The van der Waals surface area contributed by atoms with Crippen molar-refractivity contribution in [2.24, 2.45) is 0 Å². The van der Waals surface area contributed by atoms with Crippen LogP contribution in [-0.4, -0.2) is 4.98 Å². The van der Waals surface area contributed by atoms with E-state index in [0.29, 0.717) is 0 Å². The maximum atomic E-state index is 4.43. The predicted molar refractivity (Wildman–Crippen MR) is 71.3 cm³/mol. The zero-order chi connectivity index (χ0) is 12.0. The van der Waals surface area contributed by atoms with E-state index in [1.54, 1.807) is 0 Å². The minimum Gasteiger partial charge on any atom is -0.256 e. The van der Waals surface area contributed by atoms with E-state index in [1.165, 1.54) is 23.1 Å². The van der Waals surface area contributed by atoms with Crippen LogP contribution in [0.1, 0.15) is 44.9 Å². The summed E-state index contributed by atoms with van der Waals surface area (Å²) in [5.74, 6) is 0. The van der Waals surface area contributed by atoms with Gasteiger partial charge in [-0.1, -0.05) is 37.6 Å². The molecule has 0 saturated heterocycles. The molecule has 1 nitrogen and oxygen atoms in total. The normalized spacial score (nSPS) is 14.5. The van der Waals surface area contributed by atoms with Crippen molar-refractivity contribution in [1.29, 1.82) is 0 Å². The molecule has 16 heavy (non-hydrogen) atoms. The third-order valence-electron chi connectivity index (χ3n) is 2.60. The maximum absolute atomic E-state index is 4.43. The number of aryl methyl sites for hydroxylation is 1. The molecule has 86 valence electrons. The summed E-state index contributed by atoms with van der Waals surface area (Å²) in [6.45, 7) is 8.24. The topological polar surface area (TPSA) is 12.9 Å². The summed E-state index contributed by atoms with van der Waals surface area (Å²) in [5, 5.41) is 0. The molecule has 0 spiro atoms. The summed E-state index contributed by atoms with van der Waals surface area (Å²) in [6, 6.07) is 4.23. The van der Waals surface area contributed by atoms with E-state index in [9.17, 15) is 0 Å². The first-order chi connectivity index (χ1) is 7.75. The summed E-state index contributed by atoms with van der Waals surface area (Å²) < 4.78 is 0. The Hall–Kier alpha value is -1.37. The lowest BCUT2D eigenvalue weighted by Gasteiger charge is -2.11. The van der Waals surface area contributed by atoms with Gasteiger partial charge in [-0.05, 0) is 43.9 Å². The molecule has 0 radical (unpaired) electrons. The highest BCUT2D eigenvalue weighted by atomic mass is 14.7. The van der Waals surface area contributed by atoms with Gasteiger partial charge in [0.15, 0.2) is 0 Å². The van der Waals surface area contributed by atoms with Crippen LogP contribution in [0.25, 0.3) is 5.57 Å². The highest BCUT2D eigenvalue weighted by Crippen LogP contribution is 2.24. The van der Waals surface area contributed by atoms with E-state index in [-0.39, 0.29) is 0 Å². The summed E-state index contributed by atoms with van der Waals surface area (Å²) in [4.78, 5) is 4.43. The molecule has 0 unspecified atom stereocenters. The zero-order valence-electron chi connectivity index (χ0n) is 10.7. The predicted octanol–water partition coefficient (Wildman–Crippen LogP) is 4.54. The van der Waals surface area contributed by atoms with Gasteiger partial charge in [-0.25, -0.2) is 0 Å². The number of aromatic nitrogens is 1. The van der Waals surface area contributed by atoms with Gasteiger partial charge in [0.1, 0.15) is 0 Å². The second kappa shape index (κ2) is 6.26. The Morgan fingerprint density at radius 2 is 1.75 bits per heavy atom. The molecule has 1 aromatic heterocycles. The van der Waals surface area contributed by atoms with Crippen LogP contribution >= 0.6 is 0 Å². The number of rotatable bonds is 1. The highest BCUT2D eigenvalue weighted by molar-refractivity contribution is 5.66. The molecule has 0 atom stereocenters. The van der Waals surface area contributed by atoms with E-state index in [2.05, 4.69) is 43.1 Å². The molecule has 1 heteroatoms. The Morgan fingerprint density at radius 3 is 2.25 bits per heavy atom. The van der Waals surface area contributed by atoms with Gasteiger partial charge < -0.3 is 0 Å². The SMILES string of the molecule is CC.CC1=CC=C(c2ccc(C)cn2)CC1. The summed E-state index contributed by atoms with van der Waals surface area (Å²) in [7, 11) is 0. The van der Waals surface area contributed by atoms with Crippen LogP contribution in [0.2, 0.25) is 0 Å². The van der Waals surface area contributed by atoms with Crippen LogP contribution < -0.4 is 0 Å². The van der Waals surface area contributed by atoms with Crippen molar-refractivity contribution in [2.45, 2.75) is 40.5 Å². The van der Waals surface area contributed by atoms with Crippen molar-refractivity contribution >= 4 is 5.57 Å². The molecule has 1 heterocycles. The summed E-state index contributed by atoms with van der Waals surface area (Å²) >= 11 is 0. The Balaban J connectivity index is 0.000000606. The molecular weight excluding hydrogens is 194 g/mol. The molecule has 1 aromatic rings. The highest BCUT2D eigenvalue weighted by Gasteiger charge is 2.06. The molecule has 0 aromatic carbocycles. The van der Waals surface area contributed by atoms with Gasteiger partial charge in [0.05, 0.1) is 5.69 Å². The first-order valence-corrected chi connectivity index (χ1v) is 6.05. The first-order valence-electron chi connectivity index (χ1n) is 6.05. The molecule has 2 rings (SSSR count). The van der Waals surface area contributed by atoms with E-state index in [4.69, 9.17) is 0 Å². The average Bonchev–Trinajstić information content (AvgIpc) is 2.34. The Bertz CT molecular complexity index is 382. The lowest BCUT2D eigenvalue weighted by molar-refractivity contribution is 0.967. The lowest BCUT2D eigenvalue weighted by atomic mass is 9.97. The van der Waals surface area contributed by atoms with Crippen LogP contribution in [0.5, 0.6) is 0 Å². The first kappa shape index (κ1) is 12.7. The molecule has 1 aliphatic carbocycles. The van der Waals surface area contributed by atoms with Gasteiger partial charge in [0.2, 0.25) is 0 Å². The Morgan fingerprint density at radius 1 is 1.00 bits per heavy atom. The number of pyridine rings is 1. The monoisotopic (exact) mass is 215 g/mol. The van der Waals surface area contributed by atoms with Gasteiger partial charge in [-0.2, -0.15) is 0 Å². The Labute approximate surface area is 98.9 Å². The van der Waals surface area contributed by atoms with Gasteiger partial charge in [0.25, 0.3) is 0 Å². The molecule has 0 N–H and O–H groups in total. The van der Waals surface area contributed by atoms with E-state index < -0.39 is 0 Å². The van der Waals surface area contributed by atoms with Crippen LogP contribution in [0.3, 0.4) is 0 Å². The fourth-order valence-corrected chi connectivity index (χ4v) is 1.61. The largest absolute Gasteiger partial charge is 0.256 e. The minimum atomic E-state index is 1.12. The van der Waals surface area contributed by atoms with Crippen LogP contribution in [0.4, 0.5) is 0 Å². The number of hydrogen-bond acceptors (Lipinski definition) is 1. The Kier molecular flexibility index (Phi) is 4.97. The van der Waals surface area contributed by atoms with Gasteiger partial charge in [-0.15, -0.1) is 0 Å². The zero-order valence-corrected chi connectivity index (χ0v) is 10.7. The average molecular weight is 215 g/mol. The van der Waals surface area contributed by atoms with E-state index >= 15 is 0 Å². The molecule has 0 aliphatic heterocycles. The van der Waals surface area contributed by atoms with E-state index in [0.717, 1.165) is 12.1 Å². The summed E-state index contributed by atoms with van der Waals surface area (Å²) in [5.41, 5.74) is 5.16. The fourth-order valence-electron chi connectivity index (χ4n) is 1.61. The van der Waals surface area contributed by atoms with Crippen LogP contribution in [-0.2, 0) is 0 Å². The van der Waals surface area contributed by atoms with Gasteiger partial charge >= 0.3 is 0 Å². The van der Waals surface area contributed by atoms with Gasteiger partial charge in [0, 0.05) is 6.20 Å². The molecule has 0 amide bonds. The van der Waals surface area contributed by atoms with Gasteiger partial charge in [-0.3, -0.25) is 4.98 Å². The molecule has 0 bridgehead atoms. The molecule has 0 fully saturated rings. The third-order valence-corrected chi connectivity index (χ3v) is 2.60. The van der Waals surface area contributed by atoms with Crippen LogP contribution in [0, 0.1) is 6.92 Å². The molecule has 0 saturated carbocycles. The standard InChI is InChI=1S/C13H15N.C2H6/c1-10-3-6-12(7-4-10)13-8-5-11(2)9-14-13;1-2/h3,5-6,8-9H,4,7H2,1-2H3;1-2H3. The van der Waals surface area contributed by atoms with Crippen molar-refractivity contribution in [2.75, 3.05) is 0 Å². The lowest BCUT2D eigenvalue weighted by Crippen LogP contribution is -1.94. The number of nitrogens with zero attached hydrogens (tertiary/aromatic N) is 1. The maximum Gasteiger partial charge on any atom is 0.0661 e. The van der Waals surface area contributed by atoms with Crippen LogP contribution in [0.15, 0.2) is 36.1 Å². The third kappa shape index (κ3) is 3.34. The van der Waals surface area contributed by atoms with Crippen molar-refractivity contribution in [3.63, 3.8) is 0 Å². The van der Waals surface area contributed by atoms with E-state index in [1.807, 2.05) is 20.0 Å². The smallest absolute Gasteiger partial charge is 0.0661 e. The van der Waals surface area contributed by atoms with Crippen molar-refractivity contribution in [1.82, 2.24) is 4.98 Å². The molecular formula is C15H21N. The number of hydrogen-bond donors (Lipinski definition) is 0.